The third-order valence-corrected chi connectivity index (χ3v) is 6.82. The summed E-state index contributed by atoms with van der Waals surface area (Å²) in [5.74, 6) is 3.34. The highest BCUT2D eigenvalue weighted by atomic mass is 32.2. The predicted molar refractivity (Wildman–Crippen MR) is 123 cm³/mol. The first-order valence-electron chi connectivity index (χ1n) is 9.72. The molecule has 0 spiro atoms. The van der Waals surface area contributed by atoms with Gasteiger partial charge in [-0.25, -0.2) is 0 Å². The largest absolute Gasteiger partial charge is 0.483 e. The molecule has 0 aliphatic carbocycles. The van der Waals surface area contributed by atoms with Crippen LogP contribution in [0.5, 0.6) is 0 Å². The van der Waals surface area contributed by atoms with Crippen LogP contribution in [-0.4, -0.2) is 33.8 Å². The van der Waals surface area contributed by atoms with Crippen LogP contribution in [0.25, 0.3) is 0 Å². The van der Waals surface area contributed by atoms with E-state index in [1.807, 2.05) is 23.5 Å². The minimum atomic E-state index is -0.250. The maximum atomic E-state index is 9.90. The predicted octanol–water partition coefficient (Wildman–Crippen LogP) is 5.86. The third-order valence-electron chi connectivity index (χ3n) is 4.32. The zero-order valence-electron chi connectivity index (χ0n) is 16.6. The van der Waals surface area contributed by atoms with Crippen LogP contribution >= 0.6 is 23.5 Å². The minimum absolute atomic E-state index is 0.142. The molecule has 0 aliphatic heterocycles. The van der Waals surface area contributed by atoms with Gasteiger partial charge in [0, 0.05) is 16.8 Å². The molecule has 0 aliphatic rings. The highest BCUT2D eigenvalue weighted by Crippen LogP contribution is 2.27. The zero-order chi connectivity index (χ0) is 20.5. The second kappa shape index (κ2) is 16.5. The second-order valence-corrected chi connectivity index (χ2v) is 8.88. The molecule has 0 heterocycles. The fourth-order valence-electron chi connectivity index (χ4n) is 2.66. The summed E-state index contributed by atoms with van der Waals surface area (Å²) in [6, 6.07) is 21.4. The molecule has 0 amide bonds. The van der Waals surface area contributed by atoms with Gasteiger partial charge in [0.25, 0.3) is 6.47 Å². The lowest BCUT2D eigenvalue weighted by Crippen LogP contribution is -2.11. The normalized spacial score (nSPS) is 12.5. The van der Waals surface area contributed by atoms with Gasteiger partial charge in [0.15, 0.2) is 0 Å². The smallest absolute Gasteiger partial charge is 0.290 e. The molecule has 2 aromatic carbocycles. The summed E-state index contributed by atoms with van der Waals surface area (Å²) in [6.45, 7) is 1.81. The third kappa shape index (κ3) is 12.1. The van der Waals surface area contributed by atoms with Gasteiger partial charge in [-0.3, -0.25) is 4.79 Å². The molecule has 0 bridgehead atoms. The number of carboxylic acid groups (broad SMARTS) is 1. The Hall–Kier alpha value is -1.43. The summed E-state index contributed by atoms with van der Waals surface area (Å²) >= 11 is 4.07. The average Bonchev–Trinajstić information content (AvgIpc) is 2.74. The van der Waals surface area contributed by atoms with E-state index >= 15 is 0 Å². The molecule has 3 nitrogen and oxygen atoms in total. The van der Waals surface area contributed by atoms with E-state index in [-0.39, 0.29) is 12.6 Å². The monoisotopic (exact) mass is 420 g/mol. The van der Waals surface area contributed by atoms with Gasteiger partial charge >= 0.3 is 0 Å². The number of carbonyl (C=O) groups is 1. The van der Waals surface area contributed by atoms with E-state index in [4.69, 9.17) is 9.90 Å². The molecule has 0 saturated carbocycles. The summed E-state index contributed by atoms with van der Waals surface area (Å²) in [7, 11) is 0. The van der Waals surface area contributed by atoms with Crippen molar-refractivity contribution >= 4 is 30.0 Å². The van der Waals surface area contributed by atoms with Crippen molar-refractivity contribution < 1.29 is 15.0 Å². The van der Waals surface area contributed by atoms with E-state index in [1.165, 1.54) is 23.3 Å². The molecular formula is C23H32O3S2. The Morgan fingerprint density at radius 3 is 1.96 bits per heavy atom. The van der Waals surface area contributed by atoms with E-state index in [9.17, 15) is 5.11 Å². The SMILES string of the molecule is CCC(O)CCC(CCSCc1ccccc1)SCc1ccccc1.O=CO. The molecule has 2 unspecified atom stereocenters. The number of benzene rings is 2. The molecule has 2 aromatic rings. The molecule has 154 valence electrons. The molecule has 28 heavy (non-hydrogen) atoms. The van der Waals surface area contributed by atoms with Crippen molar-refractivity contribution in [1.82, 2.24) is 0 Å². The molecule has 0 aromatic heterocycles. The van der Waals surface area contributed by atoms with Crippen molar-refractivity contribution in [2.45, 2.75) is 55.5 Å². The van der Waals surface area contributed by atoms with Gasteiger partial charge in [-0.1, -0.05) is 67.6 Å². The Kier molecular flexibility index (Phi) is 14.5. The zero-order valence-corrected chi connectivity index (χ0v) is 18.2. The van der Waals surface area contributed by atoms with Gasteiger partial charge in [0.05, 0.1) is 6.10 Å². The van der Waals surface area contributed by atoms with Crippen molar-refractivity contribution in [3.05, 3.63) is 71.8 Å². The topological polar surface area (TPSA) is 57.5 Å². The summed E-state index contributed by atoms with van der Waals surface area (Å²) in [6.07, 6.45) is 3.96. The highest BCUT2D eigenvalue weighted by Gasteiger charge is 2.12. The quantitative estimate of drug-likeness (QED) is 0.332. The first kappa shape index (κ1) is 24.6. The molecule has 5 heteroatoms. The Morgan fingerprint density at radius 2 is 1.43 bits per heavy atom. The van der Waals surface area contributed by atoms with Crippen LogP contribution in [0, 0.1) is 0 Å². The molecule has 2 atom stereocenters. The van der Waals surface area contributed by atoms with Gasteiger partial charge < -0.3 is 10.2 Å². The number of aliphatic hydroxyl groups is 1. The van der Waals surface area contributed by atoms with Crippen LogP contribution in [0.1, 0.15) is 43.7 Å². The highest BCUT2D eigenvalue weighted by molar-refractivity contribution is 7.99. The number of hydrogen-bond donors (Lipinski definition) is 2. The Bertz CT molecular complexity index is 608. The van der Waals surface area contributed by atoms with Crippen LogP contribution in [0.15, 0.2) is 60.7 Å². The average molecular weight is 421 g/mol. The first-order valence-corrected chi connectivity index (χ1v) is 11.9. The van der Waals surface area contributed by atoms with Gasteiger partial charge in [-0.05, 0) is 42.6 Å². The standard InChI is InChI=1S/C22H30OS2.CH2O2/c1-2-21(23)13-14-22(25-18-20-11-7-4-8-12-20)15-16-24-17-19-9-5-3-6-10-19;2-1-3/h3-12,21-23H,2,13-18H2,1H3;1H,(H,2,3). The van der Waals surface area contributed by atoms with E-state index in [0.717, 1.165) is 30.8 Å². The van der Waals surface area contributed by atoms with Crippen molar-refractivity contribution in [2.24, 2.45) is 0 Å². The van der Waals surface area contributed by atoms with Crippen molar-refractivity contribution in [1.29, 1.82) is 0 Å². The molecule has 0 radical (unpaired) electrons. The summed E-state index contributed by atoms with van der Waals surface area (Å²) in [4.78, 5) is 8.36. The Balaban J connectivity index is 0.00000122. The summed E-state index contributed by atoms with van der Waals surface area (Å²) in [5, 5.41) is 17.4. The molecule has 0 saturated heterocycles. The maximum Gasteiger partial charge on any atom is 0.290 e. The maximum absolute atomic E-state index is 9.90. The lowest BCUT2D eigenvalue weighted by molar-refractivity contribution is -0.122. The van der Waals surface area contributed by atoms with Crippen molar-refractivity contribution in [3.8, 4) is 0 Å². The fourth-order valence-corrected chi connectivity index (χ4v) is 5.04. The second-order valence-electron chi connectivity index (χ2n) is 6.49. The number of aliphatic hydroxyl groups excluding tert-OH is 1. The van der Waals surface area contributed by atoms with Crippen LogP contribution in [-0.2, 0) is 16.3 Å². The molecular weight excluding hydrogens is 388 g/mol. The van der Waals surface area contributed by atoms with Gasteiger partial charge in [-0.2, -0.15) is 23.5 Å². The lowest BCUT2D eigenvalue weighted by atomic mass is 10.1. The van der Waals surface area contributed by atoms with Crippen molar-refractivity contribution in [3.63, 3.8) is 0 Å². The summed E-state index contributed by atoms with van der Waals surface area (Å²) < 4.78 is 0. The lowest BCUT2D eigenvalue weighted by Gasteiger charge is -2.18. The van der Waals surface area contributed by atoms with E-state index in [0.29, 0.717) is 5.25 Å². The van der Waals surface area contributed by atoms with Crippen LogP contribution in [0.2, 0.25) is 0 Å². The fraction of sp³-hybridized carbons (Fsp3) is 0.435. The number of rotatable bonds is 12. The van der Waals surface area contributed by atoms with E-state index < -0.39 is 0 Å². The van der Waals surface area contributed by atoms with E-state index in [2.05, 4.69) is 67.6 Å². The minimum Gasteiger partial charge on any atom is -0.483 e. The van der Waals surface area contributed by atoms with Crippen LogP contribution < -0.4 is 0 Å². The van der Waals surface area contributed by atoms with Crippen molar-refractivity contribution in [2.75, 3.05) is 5.75 Å². The van der Waals surface area contributed by atoms with E-state index in [1.54, 1.807) is 0 Å². The first-order chi connectivity index (χ1) is 13.7. The summed E-state index contributed by atoms with van der Waals surface area (Å²) in [5.41, 5.74) is 2.80. The molecule has 2 rings (SSSR count). The van der Waals surface area contributed by atoms with Gasteiger partial charge in [-0.15, -0.1) is 0 Å². The van der Waals surface area contributed by atoms with Gasteiger partial charge in [0.2, 0.25) is 0 Å². The Morgan fingerprint density at radius 1 is 0.893 bits per heavy atom. The Labute approximate surface area is 178 Å². The van der Waals surface area contributed by atoms with Crippen LogP contribution in [0.4, 0.5) is 0 Å². The number of hydrogen-bond acceptors (Lipinski definition) is 4. The number of thioether (sulfide) groups is 2. The van der Waals surface area contributed by atoms with Gasteiger partial charge in [0.1, 0.15) is 0 Å². The van der Waals surface area contributed by atoms with Crippen LogP contribution in [0.3, 0.4) is 0 Å². The molecule has 2 N–H and O–H groups in total. The molecule has 0 fully saturated rings.